The van der Waals surface area contributed by atoms with Crippen LogP contribution in [-0.4, -0.2) is 4.57 Å². The summed E-state index contributed by atoms with van der Waals surface area (Å²) in [5, 5.41) is 10.1. The molecule has 3 rings (SSSR count). The molecular weight excluding hydrogens is 196 g/mol. The van der Waals surface area contributed by atoms with Crippen LogP contribution in [0, 0.1) is 11.3 Å². The van der Waals surface area contributed by atoms with E-state index in [2.05, 4.69) is 29.7 Å². The average molecular weight is 210 g/mol. The smallest absolute Gasteiger partial charge is 0.0991 e. The Labute approximate surface area is 95.1 Å². The monoisotopic (exact) mass is 210 g/mol. The van der Waals surface area contributed by atoms with Gasteiger partial charge in [-0.1, -0.05) is 0 Å². The number of nitrogens with zero attached hydrogens (tertiary/aromatic N) is 2. The summed E-state index contributed by atoms with van der Waals surface area (Å²) in [5.74, 6) is 0.762. The van der Waals surface area contributed by atoms with Gasteiger partial charge in [0.05, 0.1) is 11.6 Å². The van der Waals surface area contributed by atoms with Crippen LogP contribution in [0.2, 0.25) is 0 Å². The Morgan fingerprint density at radius 3 is 2.81 bits per heavy atom. The summed E-state index contributed by atoms with van der Waals surface area (Å²) in [6.07, 6.45) is 2.64. The minimum Gasteiger partial charge on any atom is -0.345 e. The summed E-state index contributed by atoms with van der Waals surface area (Å²) in [5.41, 5.74) is 3.47. The van der Waals surface area contributed by atoms with Crippen LogP contribution >= 0.6 is 0 Å². The Hall–Kier alpha value is -1.75. The lowest BCUT2D eigenvalue weighted by Gasteiger charge is -2.06. The maximum atomic E-state index is 8.90. The summed E-state index contributed by atoms with van der Waals surface area (Å²) in [6.45, 7) is 3.20. The van der Waals surface area contributed by atoms with E-state index in [1.807, 2.05) is 12.1 Å². The van der Waals surface area contributed by atoms with Crippen LogP contribution in [0.1, 0.15) is 36.9 Å². The molecule has 1 aliphatic carbocycles. The maximum Gasteiger partial charge on any atom is 0.0991 e. The van der Waals surface area contributed by atoms with Gasteiger partial charge in [0.1, 0.15) is 0 Å². The van der Waals surface area contributed by atoms with Gasteiger partial charge in [-0.05, 0) is 49.9 Å². The molecule has 0 N–H and O–H groups in total. The number of hydrogen-bond acceptors (Lipinski definition) is 1. The lowest BCUT2D eigenvalue weighted by Crippen LogP contribution is -1.98. The van der Waals surface area contributed by atoms with E-state index in [-0.39, 0.29) is 0 Å². The highest BCUT2D eigenvalue weighted by atomic mass is 15.0. The second-order valence-corrected chi connectivity index (χ2v) is 4.47. The van der Waals surface area contributed by atoms with Gasteiger partial charge in [-0.15, -0.1) is 0 Å². The van der Waals surface area contributed by atoms with Crippen LogP contribution in [0.5, 0.6) is 0 Å². The van der Waals surface area contributed by atoms with E-state index in [0.29, 0.717) is 0 Å². The van der Waals surface area contributed by atoms with Gasteiger partial charge in [-0.3, -0.25) is 0 Å². The molecule has 0 bridgehead atoms. The Balaban J connectivity index is 2.25. The molecule has 0 spiro atoms. The number of rotatable bonds is 2. The van der Waals surface area contributed by atoms with Crippen molar-refractivity contribution in [3.63, 3.8) is 0 Å². The molecule has 80 valence electrons. The van der Waals surface area contributed by atoms with Gasteiger partial charge >= 0.3 is 0 Å². The van der Waals surface area contributed by atoms with Gasteiger partial charge < -0.3 is 4.57 Å². The molecule has 2 heteroatoms. The highest BCUT2D eigenvalue weighted by Crippen LogP contribution is 2.42. The van der Waals surface area contributed by atoms with Crippen LogP contribution in [0.4, 0.5) is 0 Å². The molecule has 0 unspecified atom stereocenters. The molecule has 2 nitrogen and oxygen atoms in total. The Bertz CT molecular complexity index is 583. The molecule has 1 heterocycles. The minimum atomic E-state index is 0.753. The number of hydrogen-bond donors (Lipinski definition) is 0. The molecule has 1 saturated carbocycles. The van der Waals surface area contributed by atoms with Crippen molar-refractivity contribution >= 4 is 10.9 Å². The van der Waals surface area contributed by atoms with Crippen molar-refractivity contribution in [2.24, 2.45) is 0 Å². The van der Waals surface area contributed by atoms with Gasteiger partial charge in [-0.2, -0.15) is 5.26 Å². The number of fused-ring (bicyclic) bond motifs is 1. The second-order valence-electron chi connectivity index (χ2n) is 4.47. The molecule has 1 aliphatic rings. The normalized spacial score (nSPS) is 15.2. The molecule has 0 saturated heterocycles. The van der Waals surface area contributed by atoms with Crippen LogP contribution in [0.25, 0.3) is 10.9 Å². The molecule has 16 heavy (non-hydrogen) atoms. The SMILES string of the molecule is CCn1c(C2CC2)cc2cc(C#N)ccc21. The van der Waals surface area contributed by atoms with Crippen LogP contribution < -0.4 is 0 Å². The van der Waals surface area contributed by atoms with Crippen molar-refractivity contribution in [3.8, 4) is 6.07 Å². The van der Waals surface area contributed by atoms with Crippen molar-refractivity contribution in [2.45, 2.75) is 32.2 Å². The van der Waals surface area contributed by atoms with E-state index in [1.165, 1.54) is 29.4 Å². The lowest BCUT2D eigenvalue weighted by molar-refractivity contribution is 0.741. The number of aryl methyl sites for hydroxylation is 1. The Morgan fingerprint density at radius 2 is 2.19 bits per heavy atom. The fourth-order valence-electron chi connectivity index (χ4n) is 2.43. The van der Waals surface area contributed by atoms with Crippen LogP contribution in [-0.2, 0) is 6.54 Å². The minimum absolute atomic E-state index is 0.753. The molecule has 0 atom stereocenters. The molecule has 2 aromatic rings. The predicted molar refractivity (Wildman–Crippen MR) is 64.3 cm³/mol. The summed E-state index contributed by atoms with van der Waals surface area (Å²) in [6, 6.07) is 10.4. The number of benzene rings is 1. The largest absolute Gasteiger partial charge is 0.345 e. The van der Waals surface area contributed by atoms with Gasteiger partial charge in [0.2, 0.25) is 0 Å². The summed E-state index contributed by atoms with van der Waals surface area (Å²) in [4.78, 5) is 0. The quantitative estimate of drug-likeness (QED) is 0.746. The van der Waals surface area contributed by atoms with E-state index in [1.54, 1.807) is 0 Å². The highest BCUT2D eigenvalue weighted by molar-refractivity contribution is 5.83. The maximum absolute atomic E-state index is 8.90. The highest BCUT2D eigenvalue weighted by Gasteiger charge is 2.27. The van der Waals surface area contributed by atoms with Gasteiger partial charge in [-0.25, -0.2) is 0 Å². The summed E-state index contributed by atoms with van der Waals surface area (Å²) in [7, 11) is 0. The van der Waals surface area contributed by atoms with E-state index >= 15 is 0 Å². The van der Waals surface area contributed by atoms with Gasteiger partial charge in [0.25, 0.3) is 0 Å². The predicted octanol–water partition coefficient (Wildman–Crippen LogP) is 3.41. The third-order valence-corrected chi connectivity index (χ3v) is 3.37. The van der Waals surface area contributed by atoms with E-state index < -0.39 is 0 Å². The topological polar surface area (TPSA) is 28.7 Å². The van der Waals surface area contributed by atoms with Gasteiger partial charge in [0.15, 0.2) is 0 Å². The van der Waals surface area contributed by atoms with Crippen molar-refractivity contribution < 1.29 is 0 Å². The van der Waals surface area contributed by atoms with E-state index in [9.17, 15) is 0 Å². The second kappa shape index (κ2) is 3.38. The fraction of sp³-hybridized carbons (Fsp3) is 0.357. The van der Waals surface area contributed by atoms with Crippen molar-refractivity contribution in [1.82, 2.24) is 4.57 Å². The third kappa shape index (κ3) is 1.32. The molecule has 0 aliphatic heterocycles. The standard InChI is InChI=1S/C14H14N2/c1-2-16-13-6-3-10(9-15)7-12(13)8-14(16)11-4-5-11/h3,6-8,11H,2,4-5H2,1H3. The number of aromatic nitrogens is 1. The molecule has 0 radical (unpaired) electrons. The van der Waals surface area contributed by atoms with Crippen LogP contribution in [0.3, 0.4) is 0 Å². The van der Waals surface area contributed by atoms with Crippen molar-refractivity contribution in [1.29, 1.82) is 5.26 Å². The summed E-state index contributed by atoms with van der Waals surface area (Å²) < 4.78 is 2.38. The fourth-order valence-corrected chi connectivity index (χ4v) is 2.43. The zero-order valence-corrected chi connectivity index (χ0v) is 9.40. The first-order chi connectivity index (χ1) is 7.83. The number of nitriles is 1. The summed E-state index contributed by atoms with van der Waals surface area (Å²) >= 11 is 0. The molecule has 1 aromatic carbocycles. The molecule has 1 fully saturated rings. The van der Waals surface area contributed by atoms with Crippen molar-refractivity contribution in [2.75, 3.05) is 0 Å². The van der Waals surface area contributed by atoms with Gasteiger partial charge in [0, 0.05) is 23.1 Å². The molecule has 1 aromatic heterocycles. The first-order valence-corrected chi connectivity index (χ1v) is 5.86. The molecular formula is C14H14N2. The van der Waals surface area contributed by atoms with E-state index in [0.717, 1.165) is 18.0 Å². The Morgan fingerprint density at radius 1 is 1.38 bits per heavy atom. The Kier molecular flexibility index (Phi) is 2.00. The first-order valence-electron chi connectivity index (χ1n) is 5.86. The zero-order valence-electron chi connectivity index (χ0n) is 9.40. The average Bonchev–Trinajstić information content (AvgIpc) is 3.09. The third-order valence-electron chi connectivity index (χ3n) is 3.37. The van der Waals surface area contributed by atoms with E-state index in [4.69, 9.17) is 5.26 Å². The lowest BCUT2D eigenvalue weighted by atomic mass is 10.1. The van der Waals surface area contributed by atoms with Crippen molar-refractivity contribution in [3.05, 3.63) is 35.5 Å². The zero-order chi connectivity index (χ0) is 11.1. The van der Waals surface area contributed by atoms with Crippen LogP contribution in [0.15, 0.2) is 24.3 Å². The first kappa shape index (κ1) is 9.47. The molecule has 0 amide bonds.